The molecule has 8 heteroatoms. The number of aryl methyl sites for hydroxylation is 1. The lowest BCUT2D eigenvalue weighted by molar-refractivity contribution is -0.113. The zero-order valence-electron chi connectivity index (χ0n) is 17.4. The van der Waals surface area contributed by atoms with E-state index in [0.29, 0.717) is 21.7 Å². The van der Waals surface area contributed by atoms with Crippen LogP contribution in [0, 0.1) is 25.5 Å². The van der Waals surface area contributed by atoms with Gasteiger partial charge in [0.1, 0.15) is 0 Å². The Morgan fingerprint density at radius 2 is 1.81 bits per heavy atom. The van der Waals surface area contributed by atoms with E-state index >= 15 is 0 Å². The number of halogens is 2. The molecule has 1 N–H and O–H groups in total. The molecule has 0 aliphatic carbocycles. The molecule has 4 rings (SSSR count). The molecule has 5 nitrogen and oxygen atoms in total. The number of nitrogens with one attached hydrogen (secondary N) is 1. The Kier molecular flexibility index (Phi) is 6.05. The normalized spacial score (nSPS) is 11.0. The first-order valence-electron chi connectivity index (χ1n) is 9.81. The number of fused-ring (bicyclic) bond motifs is 1. The third kappa shape index (κ3) is 4.27. The fourth-order valence-electron chi connectivity index (χ4n) is 3.30. The van der Waals surface area contributed by atoms with Gasteiger partial charge in [0.05, 0.1) is 22.3 Å². The zero-order chi connectivity index (χ0) is 22.8. The van der Waals surface area contributed by atoms with Crippen LogP contribution in [0.1, 0.15) is 11.1 Å². The summed E-state index contributed by atoms with van der Waals surface area (Å²) in [6.45, 7) is 3.89. The minimum Gasteiger partial charge on any atom is -0.325 e. The number of rotatable bonds is 5. The molecule has 1 heterocycles. The molecule has 0 bridgehead atoms. The van der Waals surface area contributed by atoms with Gasteiger partial charge in [-0.05, 0) is 55.3 Å². The molecule has 162 valence electrons. The molecule has 4 aromatic rings. The highest BCUT2D eigenvalue weighted by atomic mass is 32.2. The topological polar surface area (TPSA) is 64.0 Å². The van der Waals surface area contributed by atoms with Crippen LogP contribution in [0.4, 0.5) is 14.5 Å². The molecule has 0 saturated carbocycles. The van der Waals surface area contributed by atoms with Gasteiger partial charge in [-0.1, -0.05) is 36.0 Å². The lowest BCUT2D eigenvalue weighted by Gasteiger charge is -2.16. The summed E-state index contributed by atoms with van der Waals surface area (Å²) in [6.07, 6.45) is 0. The van der Waals surface area contributed by atoms with Gasteiger partial charge < -0.3 is 5.32 Å². The molecule has 0 radical (unpaired) electrons. The van der Waals surface area contributed by atoms with Crippen molar-refractivity contribution in [1.29, 1.82) is 0 Å². The van der Waals surface area contributed by atoms with E-state index in [1.807, 2.05) is 32.0 Å². The number of carbonyl (C=O) groups is 1. The highest BCUT2D eigenvalue weighted by molar-refractivity contribution is 7.99. The molecule has 0 aliphatic rings. The molecule has 0 fully saturated rings. The van der Waals surface area contributed by atoms with Crippen LogP contribution in [0.5, 0.6) is 0 Å². The lowest BCUT2D eigenvalue weighted by atomic mass is 10.1. The first kappa shape index (κ1) is 21.7. The van der Waals surface area contributed by atoms with E-state index in [1.54, 1.807) is 24.3 Å². The van der Waals surface area contributed by atoms with E-state index in [0.717, 1.165) is 35.0 Å². The van der Waals surface area contributed by atoms with Crippen LogP contribution in [0.2, 0.25) is 0 Å². The van der Waals surface area contributed by atoms with Crippen LogP contribution in [0.15, 0.2) is 70.6 Å². The predicted octanol–water partition coefficient (Wildman–Crippen LogP) is 5.01. The van der Waals surface area contributed by atoms with E-state index in [1.165, 1.54) is 10.6 Å². The smallest absolute Gasteiger partial charge is 0.266 e. The van der Waals surface area contributed by atoms with Gasteiger partial charge in [-0.15, -0.1) is 0 Å². The molecule has 0 spiro atoms. The fraction of sp³-hybridized carbons (Fsp3) is 0.125. The summed E-state index contributed by atoms with van der Waals surface area (Å²) in [5.74, 6) is -2.55. The lowest BCUT2D eigenvalue weighted by Crippen LogP contribution is -2.23. The van der Waals surface area contributed by atoms with Crippen molar-refractivity contribution in [2.24, 2.45) is 0 Å². The number of nitrogens with zero attached hydrogens (tertiary/aromatic N) is 2. The Labute approximate surface area is 187 Å². The fourth-order valence-corrected chi connectivity index (χ4v) is 4.11. The highest BCUT2D eigenvalue weighted by Gasteiger charge is 2.17. The molecular weight excluding hydrogens is 432 g/mol. The number of benzene rings is 3. The van der Waals surface area contributed by atoms with E-state index in [9.17, 15) is 18.4 Å². The number of carbonyl (C=O) groups excluding carboxylic acids is 1. The monoisotopic (exact) mass is 451 g/mol. The second kappa shape index (κ2) is 8.92. The number of aromatic nitrogens is 2. The van der Waals surface area contributed by atoms with Crippen molar-refractivity contribution >= 4 is 34.3 Å². The molecular formula is C24H19F2N3O2S. The molecule has 1 aromatic heterocycles. The number of thioether (sulfide) groups is 1. The highest BCUT2D eigenvalue weighted by Crippen LogP contribution is 2.25. The number of anilines is 1. The van der Waals surface area contributed by atoms with Crippen molar-refractivity contribution < 1.29 is 13.6 Å². The third-order valence-corrected chi connectivity index (χ3v) is 6.04. The van der Waals surface area contributed by atoms with E-state index < -0.39 is 17.5 Å². The number of amides is 1. The Hall–Kier alpha value is -3.52. The average molecular weight is 451 g/mol. The molecule has 0 unspecified atom stereocenters. The summed E-state index contributed by atoms with van der Waals surface area (Å²) < 4.78 is 28.0. The summed E-state index contributed by atoms with van der Waals surface area (Å²) in [6, 6.07) is 15.8. The van der Waals surface area contributed by atoms with Crippen molar-refractivity contribution in [3.8, 4) is 5.69 Å². The van der Waals surface area contributed by atoms with Crippen molar-refractivity contribution in [2.45, 2.75) is 19.0 Å². The second-order valence-electron chi connectivity index (χ2n) is 7.24. The van der Waals surface area contributed by atoms with E-state index in [2.05, 4.69) is 10.3 Å². The summed E-state index contributed by atoms with van der Waals surface area (Å²) in [5.41, 5.74) is 3.09. The zero-order valence-corrected chi connectivity index (χ0v) is 18.2. The van der Waals surface area contributed by atoms with Crippen LogP contribution in [-0.2, 0) is 4.79 Å². The van der Waals surface area contributed by atoms with Crippen LogP contribution in [0.3, 0.4) is 0 Å². The Morgan fingerprint density at radius 3 is 2.59 bits per heavy atom. The molecule has 32 heavy (non-hydrogen) atoms. The van der Waals surface area contributed by atoms with Gasteiger partial charge in [-0.25, -0.2) is 13.8 Å². The standard InChI is InChI=1S/C24H19F2N3O2S/c1-14-6-5-9-21(15(14)2)29-23(31)17-7-3-4-8-20(17)28-24(29)32-13-22(30)27-16-10-11-18(25)19(26)12-16/h3-12H,13H2,1-2H3,(H,27,30). The quantitative estimate of drug-likeness (QED) is 0.342. The largest absolute Gasteiger partial charge is 0.325 e. The Morgan fingerprint density at radius 1 is 1.03 bits per heavy atom. The van der Waals surface area contributed by atoms with Gasteiger partial charge in [0.15, 0.2) is 16.8 Å². The number of hydrogen-bond acceptors (Lipinski definition) is 4. The van der Waals surface area contributed by atoms with Gasteiger partial charge in [-0.2, -0.15) is 0 Å². The minimum absolute atomic E-state index is 0.0748. The van der Waals surface area contributed by atoms with Crippen LogP contribution < -0.4 is 10.9 Å². The van der Waals surface area contributed by atoms with Crippen LogP contribution in [-0.4, -0.2) is 21.2 Å². The second-order valence-corrected chi connectivity index (χ2v) is 8.18. The van der Waals surface area contributed by atoms with Crippen LogP contribution >= 0.6 is 11.8 Å². The SMILES string of the molecule is Cc1cccc(-n2c(SCC(=O)Nc3ccc(F)c(F)c3)nc3ccccc3c2=O)c1C. The molecule has 0 aliphatic heterocycles. The van der Waals surface area contributed by atoms with Crippen molar-refractivity contribution in [2.75, 3.05) is 11.1 Å². The number of hydrogen-bond donors (Lipinski definition) is 1. The molecule has 0 atom stereocenters. The van der Waals surface area contributed by atoms with E-state index in [4.69, 9.17) is 0 Å². The maximum atomic E-state index is 13.4. The maximum Gasteiger partial charge on any atom is 0.266 e. The molecule has 0 saturated heterocycles. The summed E-state index contributed by atoms with van der Waals surface area (Å²) in [5, 5.41) is 3.37. The van der Waals surface area contributed by atoms with Gasteiger partial charge in [-0.3, -0.25) is 14.2 Å². The van der Waals surface area contributed by atoms with Crippen LogP contribution in [0.25, 0.3) is 16.6 Å². The number of para-hydroxylation sites is 1. The van der Waals surface area contributed by atoms with E-state index in [-0.39, 0.29) is 17.0 Å². The Balaban J connectivity index is 1.70. The first-order chi connectivity index (χ1) is 15.3. The van der Waals surface area contributed by atoms with Gasteiger partial charge in [0.25, 0.3) is 5.56 Å². The van der Waals surface area contributed by atoms with Crippen molar-refractivity contribution in [1.82, 2.24) is 9.55 Å². The average Bonchev–Trinajstić information content (AvgIpc) is 2.77. The Bertz CT molecular complexity index is 1400. The third-order valence-electron chi connectivity index (χ3n) is 5.10. The summed E-state index contributed by atoms with van der Waals surface area (Å²) >= 11 is 1.09. The van der Waals surface area contributed by atoms with Gasteiger partial charge >= 0.3 is 0 Å². The summed E-state index contributed by atoms with van der Waals surface area (Å²) in [7, 11) is 0. The van der Waals surface area contributed by atoms with Gasteiger partial charge in [0, 0.05) is 11.8 Å². The van der Waals surface area contributed by atoms with Crippen molar-refractivity contribution in [3.63, 3.8) is 0 Å². The maximum absolute atomic E-state index is 13.4. The predicted molar refractivity (Wildman–Crippen MR) is 123 cm³/mol. The minimum atomic E-state index is -1.05. The van der Waals surface area contributed by atoms with Gasteiger partial charge in [0.2, 0.25) is 5.91 Å². The van der Waals surface area contributed by atoms with Crippen molar-refractivity contribution in [3.05, 3.63) is 93.8 Å². The molecule has 3 aromatic carbocycles. The molecule has 1 amide bonds. The first-order valence-corrected chi connectivity index (χ1v) is 10.8. The summed E-state index contributed by atoms with van der Waals surface area (Å²) in [4.78, 5) is 30.4.